The third kappa shape index (κ3) is 6.23. The summed E-state index contributed by atoms with van der Waals surface area (Å²) < 4.78 is 9.99. The molecule has 0 aromatic rings. The average Bonchev–Trinajstić information content (AvgIpc) is 2.43. The number of hydrogen-bond donors (Lipinski definition) is 1. The predicted molar refractivity (Wildman–Crippen MR) is 75.4 cm³/mol. The van der Waals surface area contributed by atoms with Crippen molar-refractivity contribution in [2.24, 2.45) is 5.92 Å². The quantitative estimate of drug-likeness (QED) is 0.801. The van der Waals surface area contributed by atoms with E-state index in [2.05, 4.69) is 5.32 Å². The zero-order chi connectivity index (χ0) is 15.0. The molecule has 0 aromatic carbocycles. The summed E-state index contributed by atoms with van der Waals surface area (Å²) in [5, 5.41) is 2.85. The van der Waals surface area contributed by atoms with Gasteiger partial charge in [0, 0.05) is 26.2 Å². The largest absolute Gasteiger partial charge is 0.449 e. The van der Waals surface area contributed by atoms with E-state index in [4.69, 9.17) is 9.47 Å². The molecular weight excluding hydrogens is 260 g/mol. The Hall–Kier alpha value is -1.30. The SMILES string of the molecule is COCCC(=O)N1CCC(NC(=O)OCC(C)C)CC1. The van der Waals surface area contributed by atoms with Crippen molar-refractivity contribution in [3.8, 4) is 0 Å². The van der Waals surface area contributed by atoms with Crippen molar-refractivity contribution in [2.45, 2.75) is 39.2 Å². The summed E-state index contributed by atoms with van der Waals surface area (Å²) in [6, 6.07) is 0.0983. The lowest BCUT2D eigenvalue weighted by molar-refractivity contribution is -0.133. The van der Waals surface area contributed by atoms with Crippen LogP contribution in [0.25, 0.3) is 0 Å². The van der Waals surface area contributed by atoms with Crippen LogP contribution in [0.5, 0.6) is 0 Å². The Morgan fingerprint density at radius 2 is 1.95 bits per heavy atom. The number of amides is 2. The van der Waals surface area contributed by atoms with E-state index in [1.54, 1.807) is 7.11 Å². The Labute approximate surface area is 120 Å². The lowest BCUT2D eigenvalue weighted by Crippen LogP contribution is -2.46. The van der Waals surface area contributed by atoms with Crippen LogP contribution >= 0.6 is 0 Å². The molecule has 1 saturated heterocycles. The van der Waals surface area contributed by atoms with Crippen LogP contribution in [0.15, 0.2) is 0 Å². The topological polar surface area (TPSA) is 67.9 Å². The van der Waals surface area contributed by atoms with E-state index < -0.39 is 0 Å². The van der Waals surface area contributed by atoms with Gasteiger partial charge in [-0.2, -0.15) is 0 Å². The molecule has 20 heavy (non-hydrogen) atoms. The third-order valence-corrected chi connectivity index (χ3v) is 3.24. The molecule has 116 valence electrons. The number of alkyl carbamates (subject to hydrolysis) is 1. The minimum atomic E-state index is -0.358. The Balaban J connectivity index is 2.21. The van der Waals surface area contributed by atoms with E-state index in [1.165, 1.54) is 0 Å². The van der Waals surface area contributed by atoms with Gasteiger partial charge in [-0.1, -0.05) is 13.8 Å². The second-order valence-corrected chi connectivity index (χ2v) is 5.53. The zero-order valence-corrected chi connectivity index (χ0v) is 12.7. The molecule has 0 aromatic heterocycles. The highest BCUT2D eigenvalue weighted by Gasteiger charge is 2.23. The van der Waals surface area contributed by atoms with Crippen molar-refractivity contribution in [3.05, 3.63) is 0 Å². The monoisotopic (exact) mass is 286 g/mol. The number of nitrogens with zero attached hydrogens (tertiary/aromatic N) is 1. The number of carbonyl (C=O) groups is 2. The molecule has 6 heteroatoms. The van der Waals surface area contributed by atoms with Gasteiger partial charge in [-0.25, -0.2) is 4.79 Å². The highest BCUT2D eigenvalue weighted by atomic mass is 16.5. The number of piperidine rings is 1. The first-order valence-electron chi connectivity index (χ1n) is 7.23. The number of likely N-dealkylation sites (tertiary alicyclic amines) is 1. The average molecular weight is 286 g/mol. The minimum Gasteiger partial charge on any atom is -0.449 e. The molecule has 0 spiro atoms. The lowest BCUT2D eigenvalue weighted by Gasteiger charge is -2.32. The van der Waals surface area contributed by atoms with Crippen molar-refractivity contribution in [1.29, 1.82) is 0 Å². The fourth-order valence-corrected chi connectivity index (χ4v) is 2.07. The molecule has 0 radical (unpaired) electrons. The van der Waals surface area contributed by atoms with E-state index in [-0.39, 0.29) is 18.0 Å². The van der Waals surface area contributed by atoms with Crippen LogP contribution in [0.2, 0.25) is 0 Å². The normalized spacial score (nSPS) is 16.3. The summed E-state index contributed by atoms with van der Waals surface area (Å²) in [5.41, 5.74) is 0. The van der Waals surface area contributed by atoms with E-state index in [0.29, 0.717) is 38.6 Å². The van der Waals surface area contributed by atoms with E-state index in [1.807, 2.05) is 18.7 Å². The maximum atomic E-state index is 11.8. The molecule has 0 aliphatic carbocycles. The van der Waals surface area contributed by atoms with Gasteiger partial charge in [0.1, 0.15) is 0 Å². The van der Waals surface area contributed by atoms with Crippen molar-refractivity contribution in [3.63, 3.8) is 0 Å². The summed E-state index contributed by atoms with van der Waals surface area (Å²) in [4.78, 5) is 25.2. The van der Waals surface area contributed by atoms with E-state index in [9.17, 15) is 9.59 Å². The van der Waals surface area contributed by atoms with Gasteiger partial charge in [0.05, 0.1) is 19.6 Å². The second kappa shape index (κ2) is 8.79. The molecule has 1 heterocycles. The van der Waals surface area contributed by atoms with Gasteiger partial charge in [-0.15, -0.1) is 0 Å². The van der Waals surface area contributed by atoms with Gasteiger partial charge in [-0.05, 0) is 18.8 Å². The van der Waals surface area contributed by atoms with Crippen LogP contribution in [0.1, 0.15) is 33.1 Å². The molecule has 1 aliphatic rings. The Bertz CT molecular complexity index is 312. The standard InChI is InChI=1S/C14H26N2O4/c1-11(2)10-20-14(18)15-12-4-7-16(8-5-12)13(17)6-9-19-3/h11-12H,4-10H2,1-3H3,(H,15,18). The van der Waals surface area contributed by atoms with Crippen molar-refractivity contribution >= 4 is 12.0 Å². The number of carbonyl (C=O) groups excluding carboxylic acids is 2. The molecule has 2 amide bonds. The van der Waals surface area contributed by atoms with Crippen LogP contribution in [0, 0.1) is 5.92 Å². The first-order valence-corrected chi connectivity index (χ1v) is 7.23. The molecular formula is C14H26N2O4. The molecule has 0 atom stereocenters. The summed E-state index contributed by atoms with van der Waals surface area (Å²) in [6.07, 6.45) is 1.61. The lowest BCUT2D eigenvalue weighted by atomic mass is 10.1. The fraction of sp³-hybridized carbons (Fsp3) is 0.857. The molecule has 1 rings (SSSR count). The minimum absolute atomic E-state index is 0.0983. The number of hydrogen-bond acceptors (Lipinski definition) is 4. The molecule has 0 unspecified atom stereocenters. The van der Waals surface area contributed by atoms with Crippen LogP contribution in [-0.2, 0) is 14.3 Å². The molecule has 0 saturated carbocycles. The molecule has 6 nitrogen and oxygen atoms in total. The maximum absolute atomic E-state index is 11.8. The highest BCUT2D eigenvalue weighted by molar-refractivity contribution is 5.76. The van der Waals surface area contributed by atoms with Gasteiger partial charge in [0.15, 0.2) is 0 Å². The molecule has 0 bridgehead atoms. The van der Waals surface area contributed by atoms with Gasteiger partial charge in [0.2, 0.25) is 5.91 Å². The number of rotatable bonds is 6. The summed E-state index contributed by atoms with van der Waals surface area (Å²) >= 11 is 0. The Morgan fingerprint density at radius 1 is 1.30 bits per heavy atom. The second-order valence-electron chi connectivity index (χ2n) is 5.53. The van der Waals surface area contributed by atoms with Gasteiger partial charge >= 0.3 is 6.09 Å². The Morgan fingerprint density at radius 3 is 2.50 bits per heavy atom. The fourth-order valence-electron chi connectivity index (χ4n) is 2.07. The number of methoxy groups -OCH3 is 1. The summed E-state index contributed by atoms with van der Waals surface area (Å²) in [7, 11) is 1.59. The van der Waals surface area contributed by atoms with Crippen LogP contribution in [0.4, 0.5) is 4.79 Å². The van der Waals surface area contributed by atoms with Crippen LogP contribution < -0.4 is 5.32 Å². The number of nitrogens with one attached hydrogen (secondary N) is 1. The predicted octanol–water partition coefficient (Wildman–Crippen LogP) is 1.40. The van der Waals surface area contributed by atoms with Crippen LogP contribution in [0.3, 0.4) is 0 Å². The zero-order valence-electron chi connectivity index (χ0n) is 12.7. The van der Waals surface area contributed by atoms with Gasteiger partial charge < -0.3 is 19.7 Å². The van der Waals surface area contributed by atoms with Crippen molar-refractivity contribution in [2.75, 3.05) is 33.4 Å². The van der Waals surface area contributed by atoms with Gasteiger partial charge in [-0.3, -0.25) is 4.79 Å². The van der Waals surface area contributed by atoms with E-state index in [0.717, 1.165) is 12.8 Å². The first kappa shape index (κ1) is 16.8. The van der Waals surface area contributed by atoms with Crippen LogP contribution in [-0.4, -0.2) is 56.4 Å². The molecule has 1 fully saturated rings. The summed E-state index contributed by atoms with van der Waals surface area (Å²) in [5.74, 6) is 0.452. The number of ether oxygens (including phenoxy) is 2. The molecule has 1 N–H and O–H groups in total. The third-order valence-electron chi connectivity index (χ3n) is 3.24. The van der Waals surface area contributed by atoms with Crippen molar-refractivity contribution < 1.29 is 19.1 Å². The summed E-state index contributed by atoms with van der Waals surface area (Å²) in [6.45, 7) is 6.24. The van der Waals surface area contributed by atoms with E-state index >= 15 is 0 Å². The van der Waals surface area contributed by atoms with Crippen molar-refractivity contribution in [1.82, 2.24) is 10.2 Å². The molecule has 1 aliphatic heterocycles. The van der Waals surface area contributed by atoms with Gasteiger partial charge in [0.25, 0.3) is 0 Å². The maximum Gasteiger partial charge on any atom is 0.407 e. The first-order chi connectivity index (χ1) is 9.52. The smallest absolute Gasteiger partial charge is 0.407 e. The Kier molecular flexibility index (Phi) is 7.36. The highest BCUT2D eigenvalue weighted by Crippen LogP contribution is 2.11.